The van der Waals surface area contributed by atoms with Gasteiger partial charge in [-0.25, -0.2) is 4.79 Å². The van der Waals surface area contributed by atoms with Crippen molar-refractivity contribution in [3.8, 4) is 5.75 Å². The fraction of sp³-hybridized carbons (Fsp3) is 0.333. The minimum absolute atomic E-state index is 0.0201. The van der Waals surface area contributed by atoms with Crippen molar-refractivity contribution in [3.63, 3.8) is 0 Å². The molecule has 0 bridgehead atoms. The van der Waals surface area contributed by atoms with Crippen LogP contribution in [0.15, 0.2) is 58.5 Å². The number of benzene rings is 2. The molecular weight excluding hydrogens is 468 g/mol. The topological polar surface area (TPSA) is 177 Å². The first-order valence-corrected chi connectivity index (χ1v) is 11.4. The van der Waals surface area contributed by atoms with E-state index in [9.17, 15) is 23.1 Å². The van der Waals surface area contributed by atoms with Crippen LogP contribution in [0.5, 0.6) is 5.75 Å². The van der Waals surface area contributed by atoms with Crippen molar-refractivity contribution in [1.29, 1.82) is 0 Å². The van der Waals surface area contributed by atoms with Gasteiger partial charge < -0.3 is 19.9 Å². The van der Waals surface area contributed by atoms with E-state index in [0.717, 1.165) is 5.56 Å². The first-order chi connectivity index (χ1) is 16.2. The average molecular weight is 493 g/mol. The van der Waals surface area contributed by atoms with Crippen molar-refractivity contribution in [3.05, 3.63) is 70.1 Å². The number of hydrogen-bond acceptors (Lipinski definition) is 8. The van der Waals surface area contributed by atoms with Crippen molar-refractivity contribution in [2.75, 3.05) is 26.4 Å². The zero-order chi connectivity index (χ0) is 25.0. The Hall–Kier alpha value is -3.64. The van der Waals surface area contributed by atoms with E-state index in [4.69, 9.17) is 19.2 Å². The summed E-state index contributed by atoms with van der Waals surface area (Å²) in [6.07, 6.45) is 0. The first-order valence-electron chi connectivity index (χ1n) is 10.00. The standard InChI is InChI=1S/C21H24N4O8S/c1-15-5-7-18(8-6-15)34(29,30)33-10-9-32-17-4-2-3-16(11-17)13-31-14-19(21(27)28)24-20(26)12-23-25-22/h2-8,11,19H,9-10,12-14H2,1H3,(H,24,26)(H,27,28). The third-order valence-electron chi connectivity index (χ3n) is 4.26. The second-order valence-electron chi connectivity index (χ2n) is 6.95. The van der Waals surface area contributed by atoms with Crippen LogP contribution in [-0.2, 0) is 35.2 Å². The number of carbonyl (C=O) groups is 2. The Labute approximate surface area is 196 Å². The summed E-state index contributed by atoms with van der Waals surface area (Å²) >= 11 is 0. The van der Waals surface area contributed by atoms with E-state index in [-0.39, 0.29) is 31.3 Å². The number of carbonyl (C=O) groups excluding carboxylic acids is 1. The van der Waals surface area contributed by atoms with Crippen molar-refractivity contribution in [1.82, 2.24) is 5.32 Å². The number of nitrogens with one attached hydrogen (secondary N) is 1. The molecule has 0 aromatic heterocycles. The largest absolute Gasteiger partial charge is 0.491 e. The zero-order valence-corrected chi connectivity index (χ0v) is 19.1. The van der Waals surface area contributed by atoms with E-state index in [1.807, 2.05) is 6.92 Å². The Bertz CT molecular complexity index is 1130. The highest BCUT2D eigenvalue weighted by Gasteiger charge is 2.20. The Kier molecular flexibility index (Phi) is 10.3. The molecule has 2 N–H and O–H groups in total. The van der Waals surface area contributed by atoms with E-state index in [1.165, 1.54) is 12.1 Å². The molecule has 0 fully saturated rings. The second kappa shape index (κ2) is 13.2. The number of amides is 1. The average Bonchev–Trinajstić information content (AvgIpc) is 2.80. The number of rotatable bonds is 14. The molecular formula is C21H24N4O8S. The molecule has 1 amide bonds. The molecule has 0 aliphatic carbocycles. The summed E-state index contributed by atoms with van der Waals surface area (Å²) in [5, 5.41) is 14.4. The van der Waals surface area contributed by atoms with Gasteiger partial charge in [0.2, 0.25) is 5.91 Å². The van der Waals surface area contributed by atoms with Gasteiger partial charge in [-0.3, -0.25) is 8.98 Å². The smallest absolute Gasteiger partial charge is 0.328 e. The minimum Gasteiger partial charge on any atom is -0.491 e. The lowest BCUT2D eigenvalue weighted by atomic mass is 10.2. The molecule has 2 rings (SSSR count). The summed E-state index contributed by atoms with van der Waals surface area (Å²) < 4.78 is 40.2. The lowest BCUT2D eigenvalue weighted by Gasteiger charge is -2.14. The Morgan fingerprint density at radius 1 is 1.18 bits per heavy atom. The fourth-order valence-corrected chi connectivity index (χ4v) is 3.50. The van der Waals surface area contributed by atoms with Gasteiger partial charge in [0.25, 0.3) is 10.1 Å². The van der Waals surface area contributed by atoms with Crippen LogP contribution in [-0.4, -0.2) is 57.8 Å². The van der Waals surface area contributed by atoms with Crippen LogP contribution in [0.2, 0.25) is 0 Å². The highest BCUT2D eigenvalue weighted by molar-refractivity contribution is 7.86. The van der Waals surface area contributed by atoms with Crippen molar-refractivity contribution in [2.24, 2.45) is 5.11 Å². The van der Waals surface area contributed by atoms with Crippen LogP contribution in [0.4, 0.5) is 0 Å². The molecule has 0 heterocycles. The number of azide groups is 1. The highest BCUT2D eigenvalue weighted by atomic mass is 32.2. The summed E-state index contributed by atoms with van der Waals surface area (Å²) in [6, 6.07) is 11.7. The molecule has 0 aliphatic rings. The maximum Gasteiger partial charge on any atom is 0.328 e. The molecule has 12 nitrogen and oxygen atoms in total. The molecule has 182 valence electrons. The molecule has 1 atom stereocenters. The maximum atomic E-state index is 12.2. The van der Waals surface area contributed by atoms with Crippen LogP contribution in [0, 0.1) is 6.92 Å². The van der Waals surface area contributed by atoms with E-state index in [1.54, 1.807) is 36.4 Å². The zero-order valence-electron chi connectivity index (χ0n) is 18.3. The van der Waals surface area contributed by atoms with Gasteiger partial charge in [0.1, 0.15) is 25.5 Å². The van der Waals surface area contributed by atoms with Crippen LogP contribution in [0.3, 0.4) is 0 Å². The van der Waals surface area contributed by atoms with E-state index < -0.39 is 34.6 Å². The van der Waals surface area contributed by atoms with Gasteiger partial charge in [0.15, 0.2) is 6.04 Å². The van der Waals surface area contributed by atoms with Gasteiger partial charge in [0.05, 0.1) is 18.1 Å². The molecule has 0 saturated carbocycles. The molecule has 2 aromatic rings. The van der Waals surface area contributed by atoms with Crippen LogP contribution in [0.1, 0.15) is 11.1 Å². The lowest BCUT2D eigenvalue weighted by Crippen LogP contribution is -2.44. The Morgan fingerprint density at radius 2 is 1.91 bits per heavy atom. The van der Waals surface area contributed by atoms with Gasteiger partial charge in [-0.15, -0.1) is 0 Å². The summed E-state index contributed by atoms with van der Waals surface area (Å²) in [5.74, 6) is -1.60. The monoisotopic (exact) mass is 492 g/mol. The number of aryl methyl sites for hydroxylation is 1. The predicted octanol–water partition coefficient (Wildman–Crippen LogP) is 2.18. The quantitative estimate of drug-likeness (QED) is 0.132. The Balaban J connectivity index is 1.79. The maximum absolute atomic E-state index is 12.2. The molecule has 0 spiro atoms. The van der Waals surface area contributed by atoms with E-state index in [2.05, 4.69) is 15.3 Å². The molecule has 2 aromatic carbocycles. The van der Waals surface area contributed by atoms with E-state index in [0.29, 0.717) is 11.3 Å². The van der Waals surface area contributed by atoms with Crippen molar-refractivity contribution in [2.45, 2.75) is 24.5 Å². The second-order valence-corrected chi connectivity index (χ2v) is 8.56. The van der Waals surface area contributed by atoms with Gasteiger partial charge in [-0.05, 0) is 42.3 Å². The van der Waals surface area contributed by atoms with Gasteiger partial charge >= 0.3 is 5.97 Å². The molecule has 0 aliphatic heterocycles. The van der Waals surface area contributed by atoms with Crippen LogP contribution in [0.25, 0.3) is 10.4 Å². The minimum atomic E-state index is -3.88. The van der Waals surface area contributed by atoms with Crippen molar-refractivity contribution >= 4 is 22.0 Å². The molecule has 0 saturated heterocycles. The van der Waals surface area contributed by atoms with Crippen LogP contribution < -0.4 is 10.1 Å². The van der Waals surface area contributed by atoms with Gasteiger partial charge in [-0.1, -0.05) is 34.9 Å². The first kappa shape index (κ1) is 26.6. The molecule has 34 heavy (non-hydrogen) atoms. The molecule has 1 unspecified atom stereocenters. The molecule has 0 radical (unpaired) electrons. The number of aliphatic carboxylic acids is 1. The lowest BCUT2D eigenvalue weighted by molar-refractivity contribution is -0.143. The van der Waals surface area contributed by atoms with Crippen molar-refractivity contribution < 1.29 is 36.8 Å². The summed E-state index contributed by atoms with van der Waals surface area (Å²) in [5.41, 5.74) is 9.79. The number of hydrogen-bond donors (Lipinski definition) is 2. The number of nitrogens with zero attached hydrogens (tertiary/aromatic N) is 3. The summed E-state index contributed by atoms with van der Waals surface area (Å²) in [6.45, 7) is 0.843. The SMILES string of the molecule is Cc1ccc(S(=O)(=O)OCCOc2cccc(COCC(NC(=O)CN=[N+]=[N-])C(=O)O)c2)cc1. The summed E-state index contributed by atoms with van der Waals surface area (Å²) in [7, 11) is -3.88. The van der Waals surface area contributed by atoms with E-state index >= 15 is 0 Å². The molecule has 13 heteroatoms. The predicted molar refractivity (Wildman–Crippen MR) is 119 cm³/mol. The normalized spacial score (nSPS) is 11.8. The third-order valence-corrected chi connectivity index (χ3v) is 5.59. The Morgan fingerprint density at radius 3 is 2.59 bits per heavy atom. The highest BCUT2D eigenvalue weighted by Crippen LogP contribution is 2.16. The summed E-state index contributed by atoms with van der Waals surface area (Å²) in [4.78, 5) is 25.3. The van der Waals surface area contributed by atoms with Gasteiger partial charge in [-0.2, -0.15) is 8.42 Å². The number of carboxylic acid groups (broad SMARTS) is 1. The number of ether oxygens (including phenoxy) is 2. The third kappa shape index (κ3) is 9.08. The number of carboxylic acids is 1. The van der Waals surface area contributed by atoms with Crippen LogP contribution >= 0.6 is 0 Å². The van der Waals surface area contributed by atoms with Gasteiger partial charge in [0, 0.05) is 4.91 Å². The fourth-order valence-electron chi connectivity index (χ4n) is 2.61.